The fraction of sp³-hybridized carbons (Fsp3) is 0. The molecule has 0 spiro atoms. The number of rotatable bonds is 3. The van der Waals surface area contributed by atoms with Crippen LogP contribution < -0.4 is 4.90 Å². The lowest BCUT2D eigenvalue weighted by Gasteiger charge is -2.31. The van der Waals surface area contributed by atoms with Crippen molar-refractivity contribution in [1.82, 2.24) is 19.9 Å². The molecule has 196 valence electrons. The molecule has 6 heteroatoms. The van der Waals surface area contributed by atoms with Crippen molar-refractivity contribution in [3.05, 3.63) is 127 Å². The van der Waals surface area contributed by atoms with Crippen LogP contribution in [0.4, 0.5) is 17.3 Å². The second kappa shape index (κ2) is 9.03. The number of pyridine rings is 1. The highest BCUT2D eigenvalue weighted by atomic mass is 32.1. The highest BCUT2D eigenvalue weighted by molar-refractivity contribution is 7.25. The van der Waals surface area contributed by atoms with E-state index < -0.39 is 0 Å². The molecule has 0 saturated heterocycles. The minimum atomic E-state index is 0.573. The molecule has 0 saturated carbocycles. The maximum atomic E-state index is 5.31. The molecule has 1 aliphatic rings. The van der Waals surface area contributed by atoms with Gasteiger partial charge in [0, 0.05) is 37.5 Å². The van der Waals surface area contributed by atoms with Gasteiger partial charge < -0.3 is 0 Å². The molecule has 0 aliphatic carbocycles. The van der Waals surface area contributed by atoms with Crippen LogP contribution in [0, 0.1) is 0 Å². The summed E-state index contributed by atoms with van der Waals surface area (Å²) >= 11 is 1.75. The maximum Gasteiger partial charge on any atom is 0.238 e. The van der Waals surface area contributed by atoms with Gasteiger partial charge in [-0.3, -0.25) is 4.90 Å². The SMILES string of the molecule is c1ccc(-c2nc(-c3ccccc3)nc(N3c4ccccc4-c4nc5sc6ccccc6c5c5cccc3c45)n2)cc1. The first-order chi connectivity index (χ1) is 20.8. The van der Waals surface area contributed by atoms with Crippen molar-refractivity contribution in [3.8, 4) is 34.0 Å². The Morgan fingerprint density at radius 1 is 0.476 bits per heavy atom. The van der Waals surface area contributed by atoms with Gasteiger partial charge in [-0.05, 0) is 23.6 Å². The summed E-state index contributed by atoms with van der Waals surface area (Å²) in [5.74, 6) is 1.84. The van der Waals surface area contributed by atoms with E-state index in [1.54, 1.807) is 11.3 Å². The first-order valence-corrected chi connectivity index (χ1v) is 14.7. The summed E-state index contributed by atoms with van der Waals surface area (Å²) < 4.78 is 1.24. The fourth-order valence-electron chi connectivity index (χ4n) is 6.02. The normalized spacial score (nSPS) is 12.2. The van der Waals surface area contributed by atoms with Gasteiger partial charge in [0.05, 0.1) is 17.1 Å². The predicted octanol–water partition coefficient (Wildman–Crippen LogP) is 9.57. The number of thiophene rings is 1. The van der Waals surface area contributed by atoms with Gasteiger partial charge >= 0.3 is 0 Å². The highest BCUT2D eigenvalue weighted by Gasteiger charge is 2.30. The van der Waals surface area contributed by atoms with Crippen molar-refractivity contribution in [2.45, 2.75) is 0 Å². The molecular weight excluding hydrogens is 534 g/mol. The molecule has 0 fully saturated rings. The van der Waals surface area contributed by atoms with Gasteiger partial charge in [-0.25, -0.2) is 9.97 Å². The Morgan fingerprint density at radius 3 is 1.86 bits per heavy atom. The van der Waals surface area contributed by atoms with E-state index in [0.717, 1.165) is 44.0 Å². The molecule has 0 bridgehead atoms. The zero-order chi connectivity index (χ0) is 27.6. The van der Waals surface area contributed by atoms with Crippen LogP contribution in [0.2, 0.25) is 0 Å². The van der Waals surface area contributed by atoms with Crippen LogP contribution in [0.15, 0.2) is 127 Å². The molecule has 0 atom stereocenters. The number of fused-ring (bicyclic) bond motifs is 6. The van der Waals surface area contributed by atoms with E-state index >= 15 is 0 Å². The topological polar surface area (TPSA) is 54.8 Å². The summed E-state index contributed by atoms with van der Waals surface area (Å²) in [6, 6.07) is 43.7. The van der Waals surface area contributed by atoms with Gasteiger partial charge in [0.25, 0.3) is 0 Å². The van der Waals surface area contributed by atoms with E-state index in [-0.39, 0.29) is 0 Å². The zero-order valence-electron chi connectivity index (χ0n) is 22.3. The lowest BCUT2D eigenvalue weighted by molar-refractivity contribution is 1.02. The van der Waals surface area contributed by atoms with E-state index in [1.165, 1.54) is 20.9 Å². The first kappa shape index (κ1) is 23.3. The van der Waals surface area contributed by atoms with Crippen molar-refractivity contribution in [1.29, 1.82) is 0 Å². The lowest BCUT2D eigenvalue weighted by Crippen LogP contribution is -2.19. The van der Waals surface area contributed by atoms with Crippen LogP contribution in [0.1, 0.15) is 0 Å². The van der Waals surface area contributed by atoms with E-state index in [0.29, 0.717) is 17.6 Å². The van der Waals surface area contributed by atoms with E-state index in [4.69, 9.17) is 19.9 Å². The summed E-state index contributed by atoms with van der Waals surface area (Å²) in [5.41, 5.74) is 5.94. The van der Waals surface area contributed by atoms with Gasteiger partial charge in [0.15, 0.2) is 11.6 Å². The lowest BCUT2D eigenvalue weighted by atomic mass is 9.94. The number of para-hydroxylation sites is 1. The van der Waals surface area contributed by atoms with E-state index in [9.17, 15) is 0 Å². The van der Waals surface area contributed by atoms with Gasteiger partial charge in [0.1, 0.15) is 4.83 Å². The Balaban J connectivity index is 1.38. The number of hydrogen-bond donors (Lipinski definition) is 0. The quantitative estimate of drug-likeness (QED) is 0.217. The van der Waals surface area contributed by atoms with Crippen LogP contribution in [0.3, 0.4) is 0 Å². The minimum Gasteiger partial charge on any atom is -0.278 e. The van der Waals surface area contributed by atoms with Crippen molar-refractivity contribution < 1.29 is 0 Å². The number of nitrogens with zero attached hydrogens (tertiary/aromatic N) is 5. The van der Waals surface area contributed by atoms with Crippen LogP contribution in [0.25, 0.3) is 65.1 Å². The maximum absolute atomic E-state index is 5.31. The Bertz CT molecular complexity index is 2250. The van der Waals surface area contributed by atoms with Gasteiger partial charge in [-0.2, -0.15) is 9.97 Å². The van der Waals surface area contributed by atoms with Crippen LogP contribution in [-0.4, -0.2) is 19.9 Å². The third kappa shape index (κ3) is 3.42. The van der Waals surface area contributed by atoms with Crippen molar-refractivity contribution in [3.63, 3.8) is 0 Å². The minimum absolute atomic E-state index is 0.573. The summed E-state index contributed by atoms with van der Waals surface area (Å²) in [6.07, 6.45) is 0. The number of hydrogen-bond acceptors (Lipinski definition) is 6. The predicted molar refractivity (Wildman–Crippen MR) is 173 cm³/mol. The number of benzene rings is 5. The Morgan fingerprint density at radius 2 is 1.10 bits per heavy atom. The molecule has 0 radical (unpaired) electrons. The molecular formula is C36H21N5S. The second-order valence-corrected chi connectivity index (χ2v) is 11.3. The van der Waals surface area contributed by atoms with Crippen LogP contribution in [0.5, 0.6) is 0 Å². The molecule has 9 rings (SSSR count). The molecule has 0 amide bonds. The van der Waals surface area contributed by atoms with Gasteiger partial charge in [-0.15, -0.1) is 11.3 Å². The second-order valence-electron chi connectivity index (χ2n) is 10.3. The van der Waals surface area contributed by atoms with Crippen molar-refractivity contribution in [2.24, 2.45) is 0 Å². The molecule has 8 aromatic rings. The molecule has 5 aromatic carbocycles. The zero-order valence-corrected chi connectivity index (χ0v) is 23.1. The Kier molecular flexibility index (Phi) is 5.00. The fourth-order valence-corrected chi connectivity index (χ4v) is 7.11. The molecule has 3 aromatic heterocycles. The number of anilines is 3. The molecule has 4 heterocycles. The van der Waals surface area contributed by atoms with Crippen LogP contribution in [-0.2, 0) is 0 Å². The monoisotopic (exact) mass is 555 g/mol. The Hall–Kier alpha value is -5.46. The molecule has 0 unspecified atom stereocenters. The summed E-state index contributed by atoms with van der Waals surface area (Å²) in [7, 11) is 0. The summed E-state index contributed by atoms with van der Waals surface area (Å²) in [6.45, 7) is 0. The molecule has 42 heavy (non-hydrogen) atoms. The molecule has 0 N–H and O–H groups in total. The molecule has 1 aliphatic heterocycles. The average molecular weight is 556 g/mol. The largest absolute Gasteiger partial charge is 0.278 e. The van der Waals surface area contributed by atoms with Gasteiger partial charge in [-0.1, -0.05) is 109 Å². The van der Waals surface area contributed by atoms with E-state index in [2.05, 4.69) is 71.6 Å². The third-order valence-electron chi connectivity index (χ3n) is 7.87. The first-order valence-electron chi connectivity index (χ1n) is 13.8. The molecule has 5 nitrogen and oxygen atoms in total. The average Bonchev–Trinajstić information content (AvgIpc) is 3.44. The van der Waals surface area contributed by atoms with Gasteiger partial charge in [0.2, 0.25) is 5.95 Å². The van der Waals surface area contributed by atoms with Crippen molar-refractivity contribution in [2.75, 3.05) is 4.90 Å². The summed E-state index contributed by atoms with van der Waals surface area (Å²) in [5, 5.41) is 4.72. The third-order valence-corrected chi connectivity index (χ3v) is 8.93. The summed E-state index contributed by atoms with van der Waals surface area (Å²) in [4.78, 5) is 23.7. The standard InChI is InChI=1S/C36H21N5S/c1-3-12-22(13-4-1)33-38-34(23-14-5-2-6-15-23)40-36(39-33)41-27-19-9-7-16-24(27)32-31-26(18-11-20-28(31)41)30-25-17-8-10-21-29(25)42-35(30)37-32/h1-21H. The van der Waals surface area contributed by atoms with Crippen molar-refractivity contribution >= 4 is 59.7 Å². The number of aromatic nitrogens is 4. The van der Waals surface area contributed by atoms with Crippen LogP contribution >= 0.6 is 11.3 Å². The van der Waals surface area contributed by atoms with E-state index in [1.807, 2.05) is 60.7 Å². The Labute approximate surface area is 245 Å². The smallest absolute Gasteiger partial charge is 0.238 e. The highest BCUT2D eigenvalue weighted by Crippen LogP contribution is 2.52.